The van der Waals surface area contributed by atoms with E-state index in [1.165, 1.54) is 6.33 Å². The lowest BCUT2D eigenvalue weighted by Gasteiger charge is -1.74. The van der Waals surface area contributed by atoms with Crippen LogP contribution in [-0.4, -0.2) is 9.55 Å². The molecule has 1 heterocycles. The van der Waals surface area contributed by atoms with Crippen LogP contribution in [0.15, 0.2) is 18.7 Å². The zero-order valence-corrected chi connectivity index (χ0v) is 3.13. The summed E-state index contributed by atoms with van der Waals surface area (Å²) in [6, 6.07) is 0. The maximum Gasteiger partial charge on any atom is 0.131 e. The maximum atomic E-state index is 6.73. The predicted molar refractivity (Wildman–Crippen MR) is 20.9 cm³/mol. The van der Waals surface area contributed by atoms with Crippen LogP contribution in [0.3, 0.4) is 0 Å². The number of hydrogen-bond acceptors (Lipinski definition) is 1. The molecule has 1 rings (SSSR count). The lowest BCUT2D eigenvalue weighted by Crippen LogP contribution is -1.72. The van der Waals surface area contributed by atoms with E-state index in [0.717, 1.165) is 4.57 Å². The van der Waals surface area contributed by atoms with Crippen molar-refractivity contribution in [2.75, 3.05) is 0 Å². The summed E-state index contributed by atoms with van der Waals surface area (Å²) < 4.78 is 1.14. The second-order valence-electron chi connectivity index (χ2n) is 0.970. The molecule has 3 radical (unpaired) electrons. The molecule has 1 aromatic rings. The number of imidazole rings is 1. The van der Waals surface area contributed by atoms with Gasteiger partial charge in [0.05, 0.1) is 6.33 Å². The first-order valence-corrected chi connectivity index (χ1v) is 1.59. The summed E-state index contributed by atoms with van der Waals surface area (Å²) in [5, 5.41) is 0. The van der Waals surface area contributed by atoms with Crippen molar-refractivity contribution in [2.24, 2.45) is 0 Å². The molecule has 29 valence electrons. The van der Waals surface area contributed by atoms with Crippen LogP contribution in [0.5, 0.6) is 0 Å². The Hall–Kier alpha value is -0.790. The lowest BCUT2D eigenvalue weighted by molar-refractivity contribution is 1.06. The van der Waals surface area contributed by atoms with Crippen LogP contribution in [0.4, 0.5) is 0 Å². The average Bonchev–Trinajstić information content (AvgIpc) is 1.86. The van der Waals surface area contributed by atoms with E-state index in [4.69, 9.17) is 7.05 Å². The Balaban J connectivity index is 3.05. The van der Waals surface area contributed by atoms with E-state index in [1.807, 2.05) is 0 Å². The van der Waals surface area contributed by atoms with Crippen LogP contribution >= 0.6 is 0 Å². The molecule has 0 bridgehead atoms. The Bertz CT molecular complexity index is 109. The first-order chi connectivity index (χ1) is 2.89. The van der Waals surface area contributed by atoms with E-state index in [-0.39, 0.29) is 0 Å². The molecule has 0 aliphatic rings. The van der Waals surface area contributed by atoms with Crippen molar-refractivity contribution in [3.05, 3.63) is 25.8 Å². The van der Waals surface area contributed by atoms with E-state index in [0.29, 0.717) is 0 Å². The molecule has 0 fully saturated rings. The second kappa shape index (κ2) is 1.12. The van der Waals surface area contributed by atoms with Crippen molar-refractivity contribution >= 4 is 0 Å². The predicted octanol–water partition coefficient (Wildman–Crippen LogP) is 0.277. The first kappa shape index (κ1) is 3.40. The smallest absolute Gasteiger partial charge is 0.131 e. The Labute approximate surface area is 36.4 Å². The summed E-state index contributed by atoms with van der Waals surface area (Å²) in [7, 11) is 6.73. The van der Waals surface area contributed by atoms with Crippen LogP contribution in [0, 0.1) is 7.05 Å². The zero-order valence-electron chi connectivity index (χ0n) is 3.13. The summed E-state index contributed by atoms with van der Waals surface area (Å²) in [6.07, 6.45) is 4.53. The summed E-state index contributed by atoms with van der Waals surface area (Å²) >= 11 is 0. The van der Waals surface area contributed by atoms with Gasteiger partial charge in [0.25, 0.3) is 0 Å². The molecule has 0 unspecified atom stereocenters. The average molecular weight is 73.1 g/mol. The Morgan fingerprint density at radius 3 is 2.67 bits per heavy atom. The molecule has 0 saturated heterocycles. The van der Waals surface area contributed by atoms with Gasteiger partial charge in [-0.05, 0) is 0 Å². The Morgan fingerprint density at radius 1 is 1.67 bits per heavy atom. The van der Waals surface area contributed by atoms with Gasteiger partial charge in [0, 0.05) is 12.4 Å². The monoisotopic (exact) mass is 73.0 g/mol. The molecular weight excluding hydrogens is 70.0 g/mol. The molecule has 0 atom stereocenters. The molecule has 0 spiro atoms. The summed E-state index contributed by atoms with van der Waals surface area (Å²) in [6.45, 7) is 0. The minimum absolute atomic E-state index is 1.14. The molecule has 0 aliphatic carbocycles. The van der Waals surface area contributed by atoms with Gasteiger partial charge in [-0.15, -0.1) is 0 Å². The van der Waals surface area contributed by atoms with Gasteiger partial charge >= 0.3 is 0 Å². The topological polar surface area (TPSA) is 17.8 Å². The van der Waals surface area contributed by atoms with Gasteiger partial charge in [-0.3, -0.25) is 0 Å². The van der Waals surface area contributed by atoms with Crippen molar-refractivity contribution in [3.8, 4) is 0 Å². The highest BCUT2D eigenvalue weighted by molar-refractivity contribution is 4.74. The van der Waals surface area contributed by atoms with Crippen LogP contribution in [0.1, 0.15) is 0 Å². The zero-order chi connectivity index (χ0) is 4.41. The largest absolute Gasteiger partial charge is 0.324 e. The fraction of sp³-hybridized carbons (Fsp3) is 0. The molecule has 0 saturated carbocycles. The van der Waals surface area contributed by atoms with E-state index in [1.54, 1.807) is 12.4 Å². The van der Waals surface area contributed by atoms with Crippen molar-refractivity contribution in [1.82, 2.24) is 9.55 Å². The normalized spacial score (nSPS) is 8.83. The maximum absolute atomic E-state index is 6.73. The van der Waals surface area contributed by atoms with Gasteiger partial charge in [0.1, 0.15) is 7.05 Å². The number of hydrogen-bond donors (Lipinski definition) is 0. The fourth-order valence-electron chi connectivity index (χ4n) is 0.259. The van der Waals surface area contributed by atoms with Crippen LogP contribution < -0.4 is 0 Å². The number of aromatic nitrogens is 2. The molecule has 2 heteroatoms. The minimum Gasteiger partial charge on any atom is -0.324 e. The highest BCUT2D eigenvalue weighted by Crippen LogP contribution is 1.75. The van der Waals surface area contributed by atoms with Crippen molar-refractivity contribution < 1.29 is 0 Å². The summed E-state index contributed by atoms with van der Waals surface area (Å²) in [5.74, 6) is 0. The number of rotatable bonds is 0. The van der Waals surface area contributed by atoms with Crippen molar-refractivity contribution in [2.45, 2.75) is 0 Å². The third-order valence-corrected chi connectivity index (χ3v) is 0.504. The first-order valence-electron chi connectivity index (χ1n) is 1.59. The van der Waals surface area contributed by atoms with Gasteiger partial charge in [-0.25, -0.2) is 4.98 Å². The summed E-state index contributed by atoms with van der Waals surface area (Å²) in [4.78, 5) is 3.60. The van der Waals surface area contributed by atoms with Crippen LogP contribution in [0.2, 0.25) is 0 Å². The Morgan fingerprint density at radius 2 is 2.50 bits per heavy atom. The van der Waals surface area contributed by atoms with E-state index >= 15 is 0 Å². The van der Waals surface area contributed by atoms with Gasteiger partial charge < -0.3 is 4.57 Å². The van der Waals surface area contributed by atoms with Crippen LogP contribution in [-0.2, 0) is 0 Å². The lowest BCUT2D eigenvalue weighted by atomic mass is 5.87. The molecule has 0 amide bonds. The van der Waals surface area contributed by atoms with E-state index in [9.17, 15) is 0 Å². The highest BCUT2D eigenvalue weighted by Gasteiger charge is 1.70. The molecular formula is C4H3N2. The van der Waals surface area contributed by atoms with Crippen LogP contribution in [0.25, 0.3) is 0 Å². The quantitative estimate of drug-likeness (QED) is 0.431. The Kier molecular flexibility index (Phi) is 0.638. The second-order valence-corrected chi connectivity index (χ2v) is 0.970. The van der Waals surface area contributed by atoms with Gasteiger partial charge in [0.15, 0.2) is 0 Å². The molecule has 2 nitrogen and oxygen atoms in total. The van der Waals surface area contributed by atoms with Gasteiger partial charge in [0.2, 0.25) is 0 Å². The van der Waals surface area contributed by atoms with Gasteiger partial charge in [-0.1, -0.05) is 0 Å². The van der Waals surface area contributed by atoms with E-state index in [2.05, 4.69) is 4.98 Å². The molecule has 0 aliphatic heterocycles. The fourth-order valence-corrected chi connectivity index (χ4v) is 0.259. The summed E-state index contributed by atoms with van der Waals surface area (Å²) in [5.41, 5.74) is 0. The third-order valence-electron chi connectivity index (χ3n) is 0.504. The highest BCUT2D eigenvalue weighted by atomic mass is 14.9. The molecule has 0 aromatic carbocycles. The van der Waals surface area contributed by atoms with Gasteiger partial charge in [-0.2, -0.15) is 0 Å². The molecule has 6 heavy (non-hydrogen) atoms. The third kappa shape index (κ3) is 0.407. The van der Waals surface area contributed by atoms with Crippen molar-refractivity contribution in [1.29, 1.82) is 0 Å². The number of nitrogens with zero attached hydrogens (tertiary/aromatic N) is 2. The standard InChI is InChI=1S/C4H3N2/c1-6-3-2-5-4-6/h2-4H/i1-6. The minimum atomic E-state index is 1.14. The van der Waals surface area contributed by atoms with E-state index < -0.39 is 0 Å². The molecule has 0 N–H and O–H groups in total. The van der Waals surface area contributed by atoms with Crippen molar-refractivity contribution in [3.63, 3.8) is 0 Å². The SMILES string of the molecule is [6C]n1ccnc1. The molecule has 1 aromatic heterocycles.